The van der Waals surface area contributed by atoms with Gasteiger partial charge in [-0.05, 0) is 0 Å². The molecule has 0 heterocycles. The second-order valence-electron chi connectivity index (χ2n) is 1.22. The molecule has 0 aromatic rings. The standard InChI is InChI=1S/Ca.3H2O4Te.W/c;3*1-5(2,3)4;/h;3*(H2,1,2,3,4);/q+2;;;;/p-6. The maximum atomic E-state index is 8.63. The molecule has 0 fully saturated rings. The van der Waals surface area contributed by atoms with Crippen LogP contribution in [0.2, 0.25) is 0 Å². The molecular formula is CaO12Te3W-4. The van der Waals surface area contributed by atoms with E-state index >= 15 is 0 Å². The molecule has 0 aromatic carbocycles. The summed E-state index contributed by atoms with van der Waals surface area (Å²) in [6, 6.07) is 0. The molecule has 0 saturated heterocycles. The Balaban J connectivity index is -0.0000000400. The third kappa shape index (κ3) is 650. The van der Waals surface area contributed by atoms with E-state index in [4.69, 9.17) is 39.5 Å². The normalized spacial score (nSPS) is 10.2. The van der Waals surface area contributed by atoms with E-state index in [0.29, 0.717) is 0 Å². The fourth-order valence-corrected chi connectivity index (χ4v) is 0. The number of hydrogen-bond donors (Lipinski definition) is 0. The van der Waals surface area contributed by atoms with Crippen molar-refractivity contribution < 1.29 is 60.5 Å². The first-order valence-corrected chi connectivity index (χ1v) is 13.4. The van der Waals surface area contributed by atoms with Gasteiger partial charge in [-0.3, -0.25) is 0 Å². The van der Waals surface area contributed by atoms with Gasteiger partial charge in [0.15, 0.2) is 0 Å². The topological polar surface area (TPSA) is 241 Å². The van der Waals surface area contributed by atoms with E-state index in [1.807, 2.05) is 0 Å². The van der Waals surface area contributed by atoms with Crippen molar-refractivity contribution in [1.29, 1.82) is 0 Å². The molecular weight excluding hydrogens is 799 g/mol. The number of rotatable bonds is 0. The second-order valence-corrected chi connectivity index (χ2v) is 8.22. The largest absolute Gasteiger partial charge is 2.00 e. The molecule has 17 heavy (non-hydrogen) atoms. The van der Waals surface area contributed by atoms with Crippen LogP contribution < -0.4 is 20.8 Å². The maximum absolute atomic E-state index is 8.63. The first-order chi connectivity index (χ1) is 6.00. The molecule has 0 rings (SSSR count). The van der Waals surface area contributed by atoms with Crippen molar-refractivity contribution in [2.45, 2.75) is 0 Å². The molecule has 12 nitrogen and oxygen atoms in total. The molecule has 17 heteroatoms. The van der Waals surface area contributed by atoms with Gasteiger partial charge in [0.1, 0.15) is 0 Å². The van der Waals surface area contributed by atoms with Gasteiger partial charge in [0.05, 0.1) is 0 Å². The average Bonchev–Trinajstić information content (AvgIpc) is 1.41. The summed E-state index contributed by atoms with van der Waals surface area (Å²) in [5, 5.41) is 0. The zero-order chi connectivity index (χ0) is 13.5. The zero-order valence-corrected chi connectivity index (χ0v) is 19.4. The van der Waals surface area contributed by atoms with Crippen molar-refractivity contribution in [2.24, 2.45) is 0 Å². The fraction of sp³-hybridized carbons (Fsp3) is 0. The van der Waals surface area contributed by atoms with Crippen LogP contribution >= 0.6 is 0 Å². The molecule has 0 N–H and O–H groups in total. The van der Waals surface area contributed by atoms with E-state index in [0.717, 1.165) is 0 Å². The first-order valence-electron chi connectivity index (χ1n) is 2.00. The molecule has 0 spiro atoms. The van der Waals surface area contributed by atoms with E-state index < -0.39 is 56.9 Å². The summed E-state index contributed by atoms with van der Waals surface area (Å²) in [7, 11) is 0. The van der Waals surface area contributed by atoms with Crippen molar-refractivity contribution in [2.75, 3.05) is 0 Å². The van der Waals surface area contributed by atoms with Crippen LogP contribution in [-0.4, -0.2) is 94.7 Å². The van der Waals surface area contributed by atoms with Crippen molar-refractivity contribution >= 4 is 94.7 Å². The summed E-state index contributed by atoms with van der Waals surface area (Å²) in [5.74, 6) is 0. The van der Waals surface area contributed by atoms with Crippen LogP contribution in [0.25, 0.3) is 0 Å². The van der Waals surface area contributed by atoms with Crippen molar-refractivity contribution in [1.82, 2.24) is 0 Å². The minimum atomic E-state index is -6.02. The van der Waals surface area contributed by atoms with Gasteiger partial charge >= 0.3 is 134 Å². The van der Waals surface area contributed by atoms with Gasteiger partial charge in [-0.1, -0.05) is 0 Å². The Hall–Kier alpha value is 2.88. The van der Waals surface area contributed by atoms with Gasteiger partial charge in [-0.25, -0.2) is 0 Å². The smallest absolute Gasteiger partial charge is 0 e. The van der Waals surface area contributed by atoms with Crippen LogP contribution in [-0.2, 0) is 39.7 Å². The van der Waals surface area contributed by atoms with Crippen molar-refractivity contribution in [3.8, 4) is 0 Å². The predicted molar refractivity (Wildman–Crippen MR) is 27.1 cm³/mol. The summed E-state index contributed by atoms with van der Waals surface area (Å²) in [6.07, 6.45) is 0. The SMILES string of the molecule is O=[Te](=O)([O-])[O-].O=[Te](=O)([O-])[O-].O=[Te](=O)([O-])[O-].[Ca+2].[W]. The quantitative estimate of drug-likeness (QED) is 0.208. The van der Waals surface area contributed by atoms with E-state index in [1.54, 1.807) is 0 Å². The zero-order valence-electron chi connectivity index (χ0n) is 7.24. The Morgan fingerprint density at radius 2 is 0.471 bits per heavy atom. The van der Waals surface area contributed by atoms with Crippen LogP contribution in [0.3, 0.4) is 0 Å². The maximum Gasteiger partial charge on any atom is 2.00 e. The van der Waals surface area contributed by atoms with Gasteiger partial charge in [0.25, 0.3) is 0 Å². The van der Waals surface area contributed by atoms with E-state index in [2.05, 4.69) is 0 Å². The predicted octanol–water partition coefficient (Wildman–Crippen LogP) is -9.37. The molecule has 0 saturated carbocycles. The van der Waals surface area contributed by atoms with E-state index in [1.165, 1.54) is 0 Å². The summed E-state index contributed by atoms with van der Waals surface area (Å²) < 4.78 is 104. The average molecular weight is 799 g/mol. The van der Waals surface area contributed by atoms with Gasteiger partial charge in [-0.2, -0.15) is 0 Å². The van der Waals surface area contributed by atoms with Crippen LogP contribution in [0.4, 0.5) is 0 Å². The molecule has 0 unspecified atom stereocenters. The minimum absolute atomic E-state index is 0. The summed E-state index contributed by atoms with van der Waals surface area (Å²) >= 11 is -18.1. The Bertz CT molecular complexity index is 343. The van der Waals surface area contributed by atoms with Gasteiger partial charge in [0, 0.05) is 21.1 Å². The van der Waals surface area contributed by atoms with Gasteiger partial charge in [-0.15, -0.1) is 0 Å². The summed E-state index contributed by atoms with van der Waals surface area (Å²) in [4.78, 5) is 0. The molecule has 0 radical (unpaired) electrons. The van der Waals surface area contributed by atoms with E-state index in [-0.39, 0.29) is 58.8 Å². The second kappa shape index (κ2) is 13.8. The summed E-state index contributed by atoms with van der Waals surface area (Å²) in [6.45, 7) is 0. The molecule has 102 valence electrons. The van der Waals surface area contributed by atoms with Crippen LogP contribution in [0.5, 0.6) is 0 Å². The molecule has 0 aromatic heterocycles. The molecule has 0 aliphatic heterocycles. The fourth-order valence-electron chi connectivity index (χ4n) is 0. The van der Waals surface area contributed by atoms with Crippen LogP contribution in [0, 0.1) is 0 Å². The van der Waals surface area contributed by atoms with Crippen molar-refractivity contribution in [3.63, 3.8) is 0 Å². The molecule has 0 aliphatic rings. The monoisotopic (exact) mass is 806 g/mol. The Kier molecular flexibility index (Phi) is 26.1. The number of hydrogen-bond acceptors (Lipinski definition) is 12. The third-order valence-electron chi connectivity index (χ3n) is 0. The molecule has 0 aliphatic carbocycles. The molecule has 0 bridgehead atoms. The van der Waals surface area contributed by atoms with Crippen LogP contribution in [0.1, 0.15) is 0 Å². The van der Waals surface area contributed by atoms with Gasteiger partial charge in [0.2, 0.25) is 0 Å². The molecule has 0 atom stereocenters. The van der Waals surface area contributed by atoms with Crippen molar-refractivity contribution in [3.05, 3.63) is 0 Å². The van der Waals surface area contributed by atoms with Gasteiger partial charge < -0.3 is 0 Å². The Labute approximate surface area is 152 Å². The minimum Gasteiger partial charge on any atom is 0 e. The Morgan fingerprint density at radius 1 is 0.471 bits per heavy atom. The molecule has 0 amide bonds. The Morgan fingerprint density at radius 3 is 0.471 bits per heavy atom. The van der Waals surface area contributed by atoms with E-state index in [9.17, 15) is 0 Å². The summed E-state index contributed by atoms with van der Waals surface area (Å²) in [5.41, 5.74) is 0. The third-order valence-corrected chi connectivity index (χ3v) is 0. The van der Waals surface area contributed by atoms with Crippen LogP contribution in [0.15, 0.2) is 0 Å². The first kappa shape index (κ1) is 32.0.